The fourth-order valence-corrected chi connectivity index (χ4v) is 4.22. The van der Waals surface area contributed by atoms with Crippen LogP contribution in [0.25, 0.3) is 0 Å². The third kappa shape index (κ3) is 2.95. The van der Waals surface area contributed by atoms with Crippen LogP contribution >= 0.6 is 11.3 Å². The molecule has 2 rings (SSSR count). The molecule has 0 unspecified atom stereocenters. The average Bonchev–Trinajstić information content (AvgIpc) is 2.86. The maximum Gasteiger partial charge on any atom is 0.252 e. The molecule has 0 fully saturated rings. The first-order chi connectivity index (χ1) is 9.45. The lowest BCUT2D eigenvalue weighted by molar-refractivity contribution is 0.398. The number of para-hydroxylation sites is 1. The highest BCUT2D eigenvalue weighted by Gasteiger charge is 2.23. The zero-order valence-corrected chi connectivity index (χ0v) is 12.9. The number of nitrogens with zero attached hydrogens (tertiary/aromatic N) is 1. The molecule has 5 nitrogen and oxygen atoms in total. The molecule has 0 bridgehead atoms. The molecule has 7 heteroatoms. The highest BCUT2D eigenvalue weighted by Crippen LogP contribution is 2.27. The number of anilines is 1. The molecule has 1 aromatic carbocycles. The summed E-state index contributed by atoms with van der Waals surface area (Å²) in [4.78, 5) is 0. The summed E-state index contributed by atoms with van der Waals surface area (Å²) in [5.74, 6) is 0.667. The summed E-state index contributed by atoms with van der Waals surface area (Å²) < 4.78 is 31.5. The second-order valence-corrected chi connectivity index (χ2v) is 7.45. The standard InChI is InChI=1S/C13H16N2O3S2/c1-15(8-10-5-3-4-6-12(10)18-2)20(16,17)13-7-11(14)9-19-13/h3-7,9H,8,14H2,1-2H3. The third-order valence-corrected chi connectivity index (χ3v) is 6.08. The molecule has 0 aliphatic heterocycles. The van der Waals surface area contributed by atoms with E-state index in [0.29, 0.717) is 11.4 Å². The Hall–Kier alpha value is -1.57. The van der Waals surface area contributed by atoms with Gasteiger partial charge in [0, 0.05) is 30.2 Å². The Balaban J connectivity index is 2.25. The summed E-state index contributed by atoms with van der Waals surface area (Å²) in [5, 5.41) is 1.61. The zero-order chi connectivity index (χ0) is 14.8. The van der Waals surface area contributed by atoms with Gasteiger partial charge in [0.2, 0.25) is 0 Å². The number of sulfonamides is 1. The number of ether oxygens (including phenoxy) is 1. The van der Waals surface area contributed by atoms with Crippen molar-refractivity contribution in [1.29, 1.82) is 0 Å². The minimum atomic E-state index is -3.53. The van der Waals surface area contributed by atoms with Crippen molar-refractivity contribution >= 4 is 27.0 Å². The average molecular weight is 312 g/mol. The van der Waals surface area contributed by atoms with Crippen molar-refractivity contribution in [3.8, 4) is 5.75 Å². The van der Waals surface area contributed by atoms with E-state index in [0.717, 1.165) is 16.9 Å². The SMILES string of the molecule is COc1ccccc1CN(C)S(=O)(=O)c1cc(N)cs1. The Labute approximate surface area is 122 Å². The molecule has 0 saturated heterocycles. The first-order valence-corrected chi connectivity index (χ1v) is 8.19. The number of rotatable bonds is 5. The van der Waals surface area contributed by atoms with Gasteiger partial charge in [0.15, 0.2) is 0 Å². The first kappa shape index (κ1) is 14.8. The van der Waals surface area contributed by atoms with Crippen molar-refractivity contribution in [1.82, 2.24) is 4.31 Å². The normalized spacial score (nSPS) is 11.8. The molecule has 0 saturated carbocycles. The monoisotopic (exact) mass is 312 g/mol. The van der Waals surface area contributed by atoms with E-state index in [9.17, 15) is 8.42 Å². The van der Waals surface area contributed by atoms with Gasteiger partial charge in [-0.2, -0.15) is 4.31 Å². The molecule has 1 aromatic heterocycles. The van der Waals surface area contributed by atoms with E-state index < -0.39 is 10.0 Å². The summed E-state index contributed by atoms with van der Waals surface area (Å²) in [5.41, 5.74) is 6.85. The number of benzene rings is 1. The Morgan fingerprint density at radius 1 is 1.35 bits per heavy atom. The molecule has 0 radical (unpaired) electrons. The van der Waals surface area contributed by atoms with Gasteiger partial charge in [-0.3, -0.25) is 0 Å². The maximum atomic E-state index is 12.4. The maximum absolute atomic E-state index is 12.4. The van der Waals surface area contributed by atoms with Gasteiger partial charge in [-0.1, -0.05) is 18.2 Å². The fourth-order valence-electron chi connectivity index (χ4n) is 1.78. The Morgan fingerprint density at radius 3 is 2.65 bits per heavy atom. The zero-order valence-electron chi connectivity index (χ0n) is 11.2. The van der Waals surface area contributed by atoms with E-state index in [1.165, 1.54) is 17.4 Å². The highest BCUT2D eigenvalue weighted by atomic mass is 32.2. The van der Waals surface area contributed by atoms with Crippen LogP contribution in [0.5, 0.6) is 5.75 Å². The number of nitrogens with two attached hydrogens (primary N) is 1. The summed E-state index contributed by atoms with van der Waals surface area (Å²) in [7, 11) is -0.423. The van der Waals surface area contributed by atoms with Crippen LogP contribution < -0.4 is 10.5 Å². The van der Waals surface area contributed by atoms with Crippen LogP contribution in [-0.2, 0) is 16.6 Å². The van der Waals surface area contributed by atoms with Gasteiger partial charge in [0.25, 0.3) is 10.0 Å². The van der Waals surface area contributed by atoms with Crippen molar-refractivity contribution in [3.05, 3.63) is 41.3 Å². The summed E-state index contributed by atoms with van der Waals surface area (Å²) >= 11 is 1.12. The quantitative estimate of drug-likeness (QED) is 0.918. The van der Waals surface area contributed by atoms with Gasteiger partial charge in [-0.05, 0) is 12.1 Å². The smallest absolute Gasteiger partial charge is 0.252 e. The number of thiophene rings is 1. The van der Waals surface area contributed by atoms with Crippen molar-refractivity contribution in [2.24, 2.45) is 0 Å². The molecule has 0 spiro atoms. The number of hydrogen-bond donors (Lipinski definition) is 1. The lowest BCUT2D eigenvalue weighted by Crippen LogP contribution is -2.26. The summed E-state index contributed by atoms with van der Waals surface area (Å²) in [6.07, 6.45) is 0. The molecule has 2 aromatic rings. The first-order valence-electron chi connectivity index (χ1n) is 5.87. The third-order valence-electron chi connectivity index (χ3n) is 2.85. The highest BCUT2D eigenvalue weighted by molar-refractivity contribution is 7.91. The van der Waals surface area contributed by atoms with Gasteiger partial charge in [0.1, 0.15) is 9.96 Å². The van der Waals surface area contributed by atoms with Gasteiger partial charge in [0.05, 0.1) is 7.11 Å². The summed E-state index contributed by atoms with van der Waals surface area (Å²) in [6.45, 7) is 0.240. The molecular formula is C13H16N2O3S2. The fraction of sp³-hybridized carbons (Fsp3) is 0.231. The minimum absolute atomic E-state index is 0.240. The van der Waals surface area contributed by atoms with E-state index in [4.69, 9.17) is 10.5 Å². The Morgan fingerprint density at radius 2 is 2.05 bits per heavy atom. The minimum Gasteiger partial charge on any atom is -0.496 e. The van der Waals surface area contributed by atoms with Crippen LogP contribution in [0.4, 0.5) is 5.69 Å². The molecule has 20 heavy (non-hydrogen) atoms. The summed E-state index contributed by atoms with van der Waals surface area (Å²) in [6, 6.07) is 8.81. The molecule has 0 aliphatic carbocycles. The van der Waals surface area contributed by atoms with Crippen molar-refractivity contribution in [2.75, 3.05) is 19.9 Å². The van der Waals surface area contributed by atoms with Gasteiger partial charge >= 0.3 is 0 Å². The van der Waals surface area contributed by atoms with E-state index in [1.807, 2.05) is 18.2 Å². The number of methoxy groups -OCH3 is 1. The molecule has 2 N–H and O–H groups in total. The molecule has 1 heterocycles. The Kier molecular flexibility index (Phi) is 4.32. The van der Waals surface area contributed by atoms with Crippen LogP contribution in [0.15, 0.2) is 39.9 Å². The predicted octanol–water partition coefficient (Wildman–Crippen LogP) is 2.16. The van der Waals surface area contributed by atoms with E-state index in [-0.39, 0.29) is 10.8 Å². The topological polar surface area (TPSA) is 72.6 Å². The Bertz CT molecular complexity index is 695. The van der Waals surface area contributed by atoms with Crippen LogP contribution in [0.3, 0.4) is 0 Å². The molecule has 0 aliphatic rings. The predicted molar refractivity (Wildman–Crippen MR) is 80.4 cm³/mol. The second kappa shape index (κ2) is 5.82. The molecule has 0 amide bonds. The number of hydrogen-bond acceptors (Lipinski definition) is 5. The molecule has 108 valence electrons. The van der Waals surface area contributed by atoms with Crippen molar-refractivity contribution in [3.63, 3.8) is 0 Å². The van der Waals surface area contributed by atoms with E-state index in [1.54, 1.807) is 18.6 Å². The number of nitrogen functional groups attached to an aromatic ring is 1. The van der Waals surface area contributed by atoms with Gasteiger partial charge < -0.3 is 10.5 Å². The molecular weight excluding hydrogens is 296 g/mol. The van der Waals surface area contributed by atoms with Crippen LogP contribution in [0.1, 0.15) is 5.56 Å². The van der Waals surface area contributed by atoms with Gasteiger partial charge in [-0.25, -0.2) is 8.42 Å². The van der Waals surface area contributed by atoms with Crippen LogP contribution in [-0.4, -0.2) is 26.9 Å². The molecule has 0 atom stereocenters. The van der Waals surface area contributed by atoms with E-state index in [2.05, 4.69) is 0 Å². The van der Waals surface area contributed by atoms with Gasteiger partial charge in [-0.15, -0.1) is 11.3 Å². The van der Waals surface area contributed by atoms with Crippen LogP contribution in [0, 0.1) is 0 Å². The largest absolute Gasteiger partial charge is 0.496 e. The van der Waals surface area contributed by atoms with E-state index >= 15 is 0 Å². The van der Waals surface area contributed by atoms with Crippen LogP contribution in [0.2, 0.25) is 0 Å². The van der Waals surface area contributed by atoms with Crippen molar-refractivity contribution < 1.29 is 13.2 Å². The lowest BCUT2D eigenvalue weighted by atomic mass is 10.2. The van der Waals surface area contributed by atoms with Crippen molar-refractivity contribution in [2.45, 2.75) is 10.8 Å². The lowest BCUT2D eigenvalue weighted by Gasteiger charge is -2.17. The second-order valence-electron chi connectivity index (χ2n) is 4.27.